The molecule has 1 saturated heterocycles. The average Bonchev–Trinajstić information content (AvgIpc) is 2.23. The Morgan fingerprint density at radius 2 is 2.00 bits per heavy atom. The van der Waals surface area contributed by atoms with E-state index in [0.717, 1.165) is 13.0 Å². The molecule has 1 heterocycles. The van der Waals surface area contributed by atoms with Crippen molar-refractivity contribution in [1.82, 2.24) is 4.90 Å². The zero-order chi connectivity index (χ0) is 10.5. The van der Waals surface area contributed by atoms with Gasteiger partial charge in [0, 0.05) is 6.54 Å². The molecule has 0 aliphatic carbocycles. The van der Waals surface area contributed by atoms with Crippen molar-refractivity contribution in [3.05, 3.63) is 47.4 Å². The number of nitrogens with zero attached hydrogens (tertiary/aromatic N) is 1. The highest BCUT2D eigenvalue weighted by atomic mass is 15.2. The van der Waals surface area contributed by atoms with Crippen LogP contribution in [0.3, 0.4) is 0 Å². The second kappa shape index (κ2) is 5.17. The van der Waals surface area contributed by atoms with Crippen molar-refractivity contribution in [3.63, 3.8) is 0 Å². The summed E-state index contributed by atoms with van der Waals surface area (Å²) in [6.07, 6.45) is 2.32. The Hall–Kier alpha value is -1.02. The standard InChI is InChI=1S/C13H16BN/c14-10-13(11-15-7-4-8-15)9-12-5-2-1-3-6-12/h1-3,5-6,10H,4,7-9,11H2/b13-10-. The Kier molecular flexibility index (Phi) is 3.62. The van der Waals surface area contributed by atoms with Gasteiger partial charge >= 0.3 is 0 Å². The van der Waals surface area contributed by atoms with Gasteiger partial charge in [0.2, 0.25) is 0 Å². The van der Waals surface area contributed by atoms with E-state index in [2.05, 4.69) is 29.2 Å². The quantitative estimate of drug-likeness (QED) is 0.667. The van der Waals surface area contributed by atoms with E-state index in [1.54, 1.807) is 5.98 Å². The van der Waals surface area contributed by atoms with Crippen molar-refractivity contribution in [2.24, 2.45) is 0 Å². The van der Waals surface area contributed by atoms with Crippen LogP contribution < -0.4 is 0 Å². The number of hydrogen-bond donors (Lipinski definition) is 0. The summed E-state index contributed by atoms with van der Waals surface area (Å²) in [7, 11) is 5.66. The van der Waals surface area contributed by atoms with Crippen molar-refractivity contribution in [1.29, 1.82) is 0 Å². The lowest BCUT2D eigenvalue weighted by molar-refractivity contribution is 0.197. The molecule has 1 fully saturated rings. The van der Waals surface area contributed by atoms with Gasteiger partial charge in [-0.2, -0.15) is 0 Å². The van der Waals surface area contributed by atoms with E-state index in [9.17, 15) is 0 Å². The van der Waals surface area contributed by atoms with Crippen LogP contribution in [0.25, 0.3) is 0 Å². The summed E-state index contributed by atoms with van der Waals surface area (Å²) in [5.41, 5.74) is 2.66. The van der Waals surface area contributed by atoms with E-state index in [-0.39, 0.29) is 0 Å². The smallest absolute Gasteiger partial charge is 0.102 e. The molecule has 2 radical (unpaired) electrons. The topological polar surface area (TPSA) is 3.24 Å². The highest BCUT2D eigenvalue weighted by Crippen LogP contribution is 2.13. The van der Waals surface area contributed by atoms with Crippen LogP contribution in [-0.2, 0) is 6.42 Å². The normalized spacial score (nSPS) is 17.5. The number of likely N-dealkylation sites (tertiary alicyclic amines) is 1. The fourth-order valence-corrected chi connectivity index (χ4v) is 1.85. The largest absolute Gasteiger partial charge is 0.299 e. The first-order valence-electron chi connectivity index (χ1n) is 5.54. The van der Waals surface area contributed by atoms with Gasteiger partial charge in [-0.1, -0.05) is 35.9 Å². The maximum Gasteiger partial charge on any atom is 0.102 e. The van der Waals surface area contributed by atoms with Gasteiger partial charge in [0.05, 0.1) is 0 Å². The van der Waals surface area contributed by atoms with E-state index < -0.39 is 0 Å². The maximum absolute atomic E-state index is 5.66. The lowest BCUT2D eigenvalue weighted by atomic mass is 9.97. The minimum atomic E-state index is 0.980. The Morgan fingerprint density at radius 1 is 1.27 bits per heavy atom. The van der Waals surface area contributed by atoms with Gasteiger partial charge in [0.1, 0.15) is 7.85 Å². The molecular formula is C13H16BN. The summed E-state index contributed by atoms with van der Waals surface area (Å²) >= 11 is 0. The minimum absolute atomic E-state index is 0.980. The molecule has 0 bridgehead atoms. The van der Waals surface area contributed by atoms with Crippen LogP contribution in [0.15, 0.2) is 41.9 Å². The monoisotopic (exact) mass is 197 g/mol. The molecule has 0 atom stereocenters. The molecule has 76 valence electrons. The third-order valence-electron chi connectivity index (χ3n) is 2.89. The van der Waals surface area contributed by atoms with Crippen LogP contribution in [0.5, 0.6) is 0 Å². The van der Waals surface area contributed by atoms with Crippen molar-refractivity contribution < 1.29 is 0 Å². The third kappa shape index (κ3) is 2.97. The van der Waals surface area contributed by atoms with Crippen LogP contribution in [0, 0.1) is 0 Å². The predicted octanol–water partition coefficient (Wildman–Crippen LogP) is 1.99. The first kappa shape index (κ1) is 10.5. The van der Waals surface area contributed by atoms with Crippen LogP contribution in [0.1, 0.15) is 12.0 Å². The van der Waals surface area contributed by atoms with Crippen molar-refractivity contribution >= 4 is 7.85 Å². The molecule has 1 aromatic carbocycles. The summed E-state index contributed by atoms with van der Waals surface area (Å²) in [5, 5.41) is 0. The molecule has 1 aliphatic rings. The average molecular weight is 197 g/mol. The molecule has 15 heavy (non-hydrogen) atoms. The lowest BCUT2D eigenvalue weighted by Crippen LogP contribution is -2.38. The van der Waals surface area contributed by atoms with E-state index in [1.165, 1.54) is 30.6 Å². The molecular weight excluding hydrogens is 181 g/mol. The molecule has 2 rings (SSSR count). The van der Waals surface area contributed by atoms with Gasteiger partial charge in [0.15, 0.2) is 0 Å². The maximum atomic E-state index is 5.66. The van der Waals surface area contributed by atoms with Gasteiger partial charge in [-0.05, 0) is 31.5 Å². The second-order valence-electron chi connectivity index (χ2n) is 4.12. The lowest BCUT2D eigenvalue weighted by Gasteiger charge is -2.31. The van der Waals surface area contributed by atoms with Crippen LogP contribution in [0.4, 0.5) is 0 Å². The van der Waals surface area contributed by atoms with Crippen molar-refractivity contribution in [2.75, 3.05) is 19.6 Å². The van der Waals surface area contributed by atoms with Gasteiger partial charge in [-0.25, -0.2) is 0 Å². The van der Waals surface area contributed by atoms with Crippen LogP contribution in [0.2, 0.25) is 0 Å². The van der Waals surface area contributed by atoms with Gasteiger partial charge in [-0.15, -0.1) is 5.98 Å². The Balaban J connectivity index is 1.91. The zero-order valence-corrected chi connectivity index (χ0v) is 9.02. The summed E-state index contributed by atoms with van der Waals surface area (Å²) in [4.78, 5) is 2.43. The predicted molar refractivity (Wildman–Crippen MR) is 65.0 cm³/mol. The highest BCUT2D eigenvalue weighted by molar-refractivity contribution is 6.17. The highest BCUT2D eigenvalue weighted by Gasteiger charge is 2.14. The van der Waals surface area contributed by atoms with Gasteiger partial charge in [0.25, 0.3) is 0 Å². The fourth-order valence-electron chi connectivity index (χ4n) is 1.85. The minimum Gasteiger partial charge on any atom is -0.299 e. The third-order valence-corrected chi connectivity index (χ3v) is 2.89. The molecule has 0 amide bonds. The second-order valence-corrected chi connectivity index (χ2v) is 4.12. The number of rotatable bonds is 4. The Morgan fingerprint density at radius 3 is 2.53 bits per heavy atom. The van der Waals surface area contributed by atoms with Gasteiger partial charge in [-0.3, -0.25) is 4.90 Å². The number of benzene rings is 1. The molecule has 1 aliphatic heterocycles. The fraction of sp³-hybridized carbons (Fsp3) is 0.385. The summed E-state index contributed by atoms with van der Waals surface area (Å²) in [6, 6.07) is 10.5. The zero-order valence-electron chi connectivity index (χ0n) is 9.02. The molecule has 0 aromatic heterocycles. The summed E-state index contributed by atoms with van der Waals surface area (Å²) < 4.78 is 0. The first-order chi connectivity index (χ1) is 7.38. The molecule has 1 aromatic rings. The molecule has 0 N–H and O–H groups in total. The van der Waals surface area contributed by atoms with E-state index in [0.29, 0.717) is 0 Å². The van der Waals surface area contributed by atoms with E-state index >= 15 is 0 Å². The Labute approximate surface area is 93.2 Å². The molecule has 0 saturated carbocycles. The van der Waals surface area contributed by atoms with E-state index in [1.807, 2.05) is 6.07 Å². The summed E-state index contributed by atoms with van der Waals surface area (Å²) in [5.74, 6) is 1.77. The molecule has 2 heteroatoms. The van der Waals surface area contributed by atoms with Crippen LogP contribution >= 0.6 is 0 Å². The van der Waals surface area contributed by atoms with Crippen molar-refractivity contribution in [2.45, 2.75) is 12.8 Å². The number of hydrogen-bond acceptors (Lipinski definition) is 1. The first-order valence-corrected chi connectivity index (χ1v) is 5.54. The SMILES string of the molecule is [B]/C=C(/Cc1ccccc1)CN1CCC1. The molecule has 0 spiro atoms. The summed E-state index contributed by atoms with van der Waals surface area (Å²) in [6.45, 7) is 3.49. The van der Waals surface area contributed by atoms with E-state index in [4.69, 9.17) is 7.85 Å². The van der Waals surface area contributed by atoms with Crippen LogP contribution in [-0.4, -0.2) is 32.4 Å². The Bertz CT molecular complexity index is 328. The molecule has 0 unspecified atom stereocenters. The molecule has 1 nitrogen and oxygen atoms in total. The van der Waals surface area contributed by atoms with Gasteiger partial charge < -0.3 is 0 Å². The van der Waals surface area contributed by atoms with Crippen molar-refractivity contribution in [3.8, 4) is 0 Å².